The van der Waals surface area contributed by atoms with Crippen molar-refractivity contribution < 1.29 is 14.4 Å². The summed E-state index contributed by atoms with van der Waals surface area (Å²) in [6.07, 6.45) is 0.179. The molecule has 1 saturated heterocycles. The van der Waals surface area contributed by atoms with Crippen LogP contribution in [0.4, 0.5) is 5.69 Å². The van der Waals surface area contributed by atoms with Crippen LogP contribution in [0.3, 0.4) is 0 Å². The number of amides is 2. The first-order valence-electron chi connectivity index (χ1n) is 5.82. The van der Waals surface area contributed by atoms with Crippen LogP contribution in [0.2, 0.25) is 0 Å². The van der Waals surface area contributed by atoms with Gasteiger partial charge >= 0.3 is 0 Å². The highest BCUT2D eigenvalue weighted by Crippen LogP contribution is 2.36. The molecule has 1 aromatic carbocycles. The number of Topliss-reactive ketones (excluding diaryl/α,β-unsaturated/α-hetero) is 1. The van der Waals surface area contributed by atoms with E-state index in [9.17, 15) is 14.4 Å². The Labute approximate surface area is 106 Å². The summed E-state index contributed by atoms with van der Waals surface area (Å²) >= 11 is 0. The van der Waals surface area contributed by atoms with E-state index in [0.29, 0.717) is 11.3 Å². The fraction of sp³-hybridized carbons (Fsp3) is 0.357. The minimum Gasteiger partial charge on any atom is -0.294 e. The lowest BCUT2D eigenvalue weighted by molar-refractivity contribution is -0.124. The minimum absolute atomic E-state index is 0.157. The van der Waals surface area contributed by atoms with E-state index in [-0.39, 0.29) is 24.0 Å². The van der Waals surface area contributed by atoms with Gasteiger partial charge in [-0.1, -0.05) is 26.0 Å². The van der Waals surface area contributed by atoms with Crippen molar-refractivity contribution in [1.29, 1.82) is 0 Å². The van der Waals surface area contributed by atoms with Crippen LogP contribution < -0.4 is 4.90 Å². The Kier molecular flexibility index (Phi) is 2.81. The first-order valence-corrected chi connectivity index (χ1v) is 5.82. The first-order chi connectivity index (χ1) is 8.34. The van der Waals surface area contributed by atoms with E-state index in [4.69, 9.17) is 0 Å². The molecule has 2 amide bonds. The number of carbonyl (C=O) groups excluding carboxylic acids is 3. The van der Waals surface area contributed by atoms with Gasteiger partial charge in [0.05, 0.1) is 11.1 Å². The second-order valence-corrected chi connectivity index (χ2v) is 5.17. The van der Waals surface area contributed by atoms with Crippen LogP contribution in [-0.4, -0.2) is 17.6 Å². The lowest BCUT2D eigenvalue weighted by Crippen LogP contribution is -2.34. The molecule has 1 aliphatic rings. The van der Waals surface area contributed by atoms with Crippen LogP contribution >= 0.6 is 0 Å². The van der Waals surface area contributed by atoms with Crippen LogP contribution in [0.25, 0.3) is 0 Å². The van der Waals surface area contributed by atoms with Crippen LogP contribution in [0, 0.1) is 5.41 Å². The van der Waals surface area contributed by atoms with Crippen molar-refractivity contribution in [2.24, 2.45) is 5.41 Å². The summed E-state index contributed by atoms with van der Waals surface area (Å²) in [4.78, 5) is 36.9. The molecule has 4 heteroatoms. The number of anilines is 1. The highest BCUT2D eigenvalue weighted by molar-refractivity contribution is 6.24. The number of rotatable bonds is 2. The molecule has 0 bridgehead atoms. The minimum atomic E-state index is -0.693. The Morgan fingerprint density at radius 3 is 2.33 bits per heavy atom. The first kappa shape index (κ1) is 12.5. The molecule has 4 nitrogen and oxygen atoms in total. The molecule has 2 rings (SSSR count). The Bertz CT molecular complexity index is 546. The molecule has 1 aliphatic heterocycles. The van der Waals surface area contributed by atoms with E-state index in [0.717, 1.165) is 4.90 Å². The largest absolute Gasteiger partial charge is 0.294 e. The van der Waals surface area contributed by atoms with Crippen molar-refractivity contribution >= 4 is 23.3 Å². The summed E-state index contributed by atoms with van der Waals surface area (Å²) < 4.78 is 0. The Morgan fingerprint density at radius 1 is 1.22 bits per heavy atom. The number of ketones is 1. The number of benzene rings is 1. The van der Waals surface area contributed by atoms with Gasteiger partial charge in [0.1, 0.15) is 0 Å². The summed E-state index contributed by atoms with van der Waals surface area (Å²) in [6, 6.07) is 6.70. The third kappa shape index (κ3) is 1.83. The highest BCUT2D eigenvalue weighted by atomic mass is 16.2. The third-order valence-electron chi connectivity index (χ3n) is 3.15. The molecule has 0 aromatic heterocycles. The summed E-state index contributed by atoms with van der Waals surface area (Å²) in [7, 11) is 0. The molecule has 0 radical (unpaired) electrons. The maximum atomic E-state index is 12.2. The predicted molar refractivity (Wildman–Crippen MR) is 67.3 cm³/mol. The quantitative estimate of drug-likeness (QED) is 0.592. The van der Waals surface area contributed by atoms with Gasteiger partial charge in [-0.15, -0.1) is 0 Å². The lowest BCUT2D eigenvalue weighted by Gasteiger charge is -2.19. The SMILES string of the molecule is CC(=O)c1ccccc1N1C(=O)CC(C)(C)C1=O. The van der Waals surface area contributed by atoms with Gasteiger partial charge in [-0.05, 0) is 19.1 Å². The van der Waals surface area contributed by atoms with Crippen molar-refractivity contribution in [2.75, 3.05) is 4.90 Å². The zero-order valence-electron chi connectivity index (χ0n) is 10.7. The molecule has 1 aromatic rings. The third-order valence-corrected chi connectivity index (χ3v) is 3.15. The van der Waals surface area contributed by atoms with E-state index in [2.05, 4.69) is 0 Å². The molecule has 18 heavy (non-hydrogen) atoms. The Hall–Kier alpha value is -1.97. The second-order valence-electron chi connectivity index (χ2n) is 5.17. The molecule has 1 fully saturated rings. The van der Waals surface area contributed by atoms with Gasteiger partial charge in [0.15, 0.2) is 5.78 Å². The average Bonchev–Trinajstić information content (AvgIpc) is 2.48. The van der Waals surface area contributed by atoms with Gasteiger partial charge in [-0.2, -0.15) is 0 Å². The van der Waals surface area contributed by atoms with E-state index in [1.165, 1.54) is 6.92 Å². The van der Waals surface area contributed by atoms with Gasteiger partial charge in [0, 0.05) is 12.0 Å². The maximum Gasteiger partial charge on any atom is 0.239 e. The van der Waals surface area contributed by atoms with E-state index < -0.39 is 5.41 Å². The normalized spacial score (nSPS) is 18.3. The van der Waals surface area contributed by atoms with Crippen molar-refractivity contribution in [3.05, 3.63) is 29.8 Å². The molecule has 0 N–H and O–H groups in total. The predicted octanol–water partition coefficient (Wildman–Crippen LogP) is 2.18. The van der Waals surface area contributed by atoms with Crippen LogP contribution in [0.1, 0.15) is 37.6 Å². The maximum absolute atomic E-state index is 12.2. The topological polar surface area (TPSA) is 54.5 Å². The smallest absolute Gasteiger partial charge is 0.239 e. The van der Waals surface area contributed by atoms with Gasteiger partial charge in [0.25, 0.3) is 0 Å². The fourth-order valence-corrected chi connectivity index (χ4v) is 2.16. The van der Waals surface area contributed by atoms with E-state index in [1.807, 2.05) is 0 Å². The number of nitrogens with zero attached hydrogens (tertiary/aromatic N) is 1. The second kappa shape index (κ2) is 4.05. The number of imide groups is 1. The van der Waals surface area contributed by atoms with Gasteiger partial charge in [-0.3, -0.25) is 14.4 Å². The van der Waals surface area contributed by atoms with Gasteiger partial charge in [0.2, 0.25) is 11.8 Å². The number of hydrogen-bond donors (Lipinski definition) is 0. The number of hydrogen-bond acceptors (Lipinski definition) is 3. The highest BCUT2D eigenvalue weighted by Gasteiger charge is 2.46. The monoisotopic (exact) mass is 245 g/mol. The van der Waals surface area contributed by atoms with Gasteiger partial charge in [-0.25, -0.2) is 4.90 Å². The van der Waals surface area contributed by atoms with E-state index in [1.54, 1.807) is 38.1 Å². The summed E-state index contributed by atoms with van der Waals surface area (Å²) in [5.41, 5.74) is 0.100. The molecule has 0 spiro atoms. The summed E-state index contributed by atoms with van der Waals surface area (Å²) in [5, 5.41) is 0. The molecule has 94 valence electrons. The number of para-hydroxylation sites is 1. The van der Waals surface area contributed by atoms with Crippen molar-refractivity contribution in [3.63, 3.8) is 0 Å². The van der Waals surface area contributed by atoms with E-state index >= 15 is 0 Å². The average molecular weight is 245 g/mol. The summed E-state index contributed by atoms with van der Waals surface area (Å²) in [6.45, 7) is 4.90. The van der Waals surface area contributed by atoms with Gasteiger partial charge < -0.3 is 0 Å². The molecular formula is C14H15NO3. The molecule has 0 atom stereocenters. The molecule has 0 aliphatic carbocycles. The zero-order chi connectivity index (χ0) is 13.5. The summed E-state index contributed by atoms with van der Waals surface area (Å²) in [5.74, 6) is -0.657. The zero-order valence-corrected chi connectivity index (χ0v) is 10.7. The fourth-order valence-electron chi connectivity index (χ4n) is 2.16. The van der Waals surface area contributed by atoms with Crippen molar-refractivity contribution in [1.82, 2.24) is 0 Å². The van der Waals surface area contributed by atoms with Crippen molar-refractivity contribution in [3.8, 4) is 0 Å². The van der Waals surface area contributed by atoms with Crippen LogP contribution in [0.5, 0.6) is 0 Å². The molecular weight excluding hydrogens is 230 g/mol. The van der Waals surface area contributed by atoms with Crippen LogP contribution in [0.15, 0.2) is 24.3 Å². The standard InChI is InChI=1S/C14H15NO3/c1-9(16)10-6-4-5-7-11(10)15-12(17)8-14(2,3)13(15)18/h4-7H,8H2,1-3H3. The van der Waals surface area contributed by atoms with Crippen molar-refractivity contribution in [2.45, 2.75) is 27.2 Å². The molecule has 0 unspecified atom stereocenters. The lowest BCUT2D eigenvalue weighted by atomic mass is 9.92. The Morgan fingerprint density at radius 2 is 1.83 bits per heavy atom. The van der Waals surface area contributed by atoms with Crippen LogP contribution in [-0.2, 0) is 9.59 Å². The number of carbonyl (C=O) groups is 3. The molecule has 0 saturated carbocycles. The molecule has 1 heterocycles. The Balaban J connectivity index is 2.54.